The van der Waals surface area contributed by atoms with E-state index < -0.39 is 0 Å². The van der Waals surface area contributed by atoms with Crippen molar-refractivity contribution in [2.75, 3.05) is 11.1 Å². The molecule has 0 fully saturated rings. The third-order valence-corrected chi connectivity index (χ3v) is 2.51. The number of nitrogen functional groups attached to an aromatic ring is 1. The van der Waals surface area contributed by atoms with Crippen molar-refractivity contribution in [3.05, 3.63) is 58.0 Å². The molecule has 4 N–H and O–H groups in total. The molecule has 0 spiro atoms. The fraction of sp³-hybridized carbons (Fsp3) is 0.0769. The van der Waals surface area contributed by atoms with E-state index >= 15 is 0 Å². The molecule has 1 amide bonds. The lowest BCUT2D eigenvalue weighted by molar-refractivity contribution is 0.102. The molecule has 1 heterocycles. The molecule has 0 aliphatic carbocycles. The molecule has 0 aliphatic rings. The number of benzene rings is 1. The summed E-state index contributed by atoms with van der Waals surface area (Å²) in [5.74, 6) is -0.361. The van der Waals surface area contributed by atoms with Gasteiger partial charge in [-0.1, -0.05) is 6.07 Å². The smallest absolute Gasteiger partial charge is 0.272 e. The van der Waals surface area contributed by atoms with Gasteiger partial charge in [0.2, 0.25) is 5.56 Å². The molecule has 0 atom stereocenters. The van der Waals surface area contributed by atoms with Crippen LogP contribution in [-0.4, -0.2) is 10.9 Å². The second kappa shape index (κ2) is 4.75. The fourth-order valence-corrected chi connectivity index (χ4v) is 1.60. The largest absolute Gasteiger partial charge is 0.399 e. The van der Waals surface area contributed by atoms with Gasteiger partial charge in [0.25, 0.3) is 5.91 Å². The fourth-order valence-electron chi connectivity index (χ4n) is 1.60. The van der Waals surface area contributed by atoms with E-state index in [0.29, 0.717) is 11.4 Å². The zero-order valence-electron chi connectivity index (χ0n) is 9.86. The lowest BCUT2D eigenvalue weighted by Crippen LogP contribution is -2.18. The molecule has 2 rings (SSSR count). The molecule has 1 aromatic heterocycles. The number of hydrogen-bond donors (Lipinski definition) is 3. The number of pyridine rings is 1. The molecule has 1 aromatic carbocycles. The van der Waals surface area contributed by atoms with E-state index in [1.54, 1.807) is 24.3 Å². The van der Waals surface area contributed by atoms with Gasteiger partial charge in [-0.2, -0.15) is 0 Å². The zero-order chi connectivity index (χ0) is 13.1. The van der Waals surface area contributed by atoms with Crippen LogP contribution in [0.4, 0.5) is 11.4 Å². The Morgan fingerprint density at radius 1 is 1.28 bits per heavy atom. The number of anilines is 2. The number of aromatic amines is 1. The van der Waals surface area contributed by atoms with Crippen molar-refractivity contribution in [1.29, 1.82) is 0 Å². The number of amides is 1. The van der Waals surface area contributed by atoms with Gasteiger partial charge in [-0.15, -0.1) is 0 Å². The van der Waals surface area contributed by atoms with E-state index in [9.17, 15) is 9.59 Å². The molecule has 0 radical (unpaired) electrons. The lowest BCUT2D eigenvalue weighted by atomic mass is 10.1. The van der Waals surface area contributed by atoms with Gasteiger partial charge in [-0.3, -0.25) is 9.59 Å². The third-order valence-electron chi connectivity index (χ3n) is 2.51. The average molecular weight is 243 g/mol. The van der Waals surface area contributed by atoms with Crippen LogP contribution in [0.2, 0.25) is 0 Å². The maximum absolute atomic E-state index is 11.9. The Balaban J connectivity index is 2.24. The molecule has 5 heteroatoms. The first-order valence-electron chi connectivity index (χ1n) is 5.43. The highest BCUT2D eigenvalue weighted by atomic mass is 16.2. The van der Waals surface area contributed by atoms with E-state index in [2.05, 4.69) is 10.3 Å². The van der Waals surface area contributed by atoms with Crippen molar-refractivity contribution in [3.8, 4) is 0 Å². The summed E-state index contributed by atoms with van der Waals surface area (Å²) in [6, 6.07) is 9.63. The number of aryl methyl sites for hydroxylation is 1. The van der Waals surface area contributed by atoms with Crippen molar-refractivity contribution in [1.82, 2.24) is 4.98 Å². The van der Waals surface area contributed by atoms with Crippen molar-refractivity contribution in [3.63, 3.8) is 0 Å². The predicted molar refractivity (Wildman–Crippen MR) is 70.6 cm³/mol. The minimum Gasteiger partial charge on any atom is -0.399 e. The van der Waals surface area contributed by atoms with Crippen molar-refractivity contribution in [2.24, 2.45) is 0 Å². The van der Waals surface area contributed by atoms with Gasteiger partial charge in [0, 0.05) is 17.4 Å². The molecule has 0 saturated carbocycles. The summed E-state index contributed by atoms with van der Waals surface area (Å²) >= 11 is 0. The van der Waals surface area contributed by atoms with Crippen LogP contribution in [0.3, 0.4) is 0 Å². The number of H-pyrrole nitrogens is 1. The highest BCUT2D eigenvalue weighted by Crippen LogP contribution is 2.18. The summed E-state index contributed by atoms with van der Waals surface area (Å²) in [6.07, 6.45) is 0. The molecule has 5 nitrogen and oxygen atoms in total. The molecule has 0 bridgehead atoms. The topological polar surface area (TPSA) is 88.0 Å². The SMILES string of the molecule is Cc1cc(N)ccc1NC(=O)c1cccc(=O)[nH]1. The van der Waals surface area contributed by atoms with Gasteiger partial charge in [0.05, 0.1) is 0 Å². The summed E-state index contributed by atoms with van der Waals surface area (Å²) in [7, 11) is 0. The molecular formula is C13H13N3O2. The van der Waals surface area contributed by atoms with Gasteiger partial charge in [0.15, 0.2) is 0 Å². The van der Waals surface area contributed by atoms with Crippen molar-refractivity contribution >= 4 is 17.3 Å². The highest BCUT2D eigenvalue weighted by Gasteiger charge is 2.08. The number of nitrogens with two attached hydrogens (primary N) is 1. The standard InChI is InChI=1S/C13H13N3O2/c1-8-7-9(14)5-6-10(8)16-13(18)11-3-2-4-12(17)15-11/h2-7H,14H2,1H3,(H,15,17)(H,16,18). The number of nitrogens with one attached hydrogen (secondary N) is 2. The minimum absolute atomic E-state index is 0.221. The Kier molecular flexibility index (Phi) is 3.14. The summed E-state index contributed by atoms with van der Waals surface area (Å²) in [6.45, 7) is 1.85. The van der Waals surface area contributed by atoms with E-state index in [-0.39, 0.29) is 17.2 Å². The number of aromatic nitrogens is 1. The van der Waals surface area contributed by atoms with Gasteiger partial charge in [-0.05, 0) is 36.8 Å². The lowest BCUT2D eigenvalue weighted by Gasteiger charge is -2.08. The molecule has 2 aromatic rings. The first-order chi connectivity index (χ1) is 8.56. The summed E-state index contributed by atoms with van der Waals surface area (Å²) < 4.78 is 0. The number of hydrogen-bond acceptors (Lipinski definition) is 3. The Labute approximate surface area is 104 Å². The number of rotatable bonds is 2. The van der Waals surface area contributed by atoms with Crippen LogP contribution >= 0.6 is 0 Å². The highest BCUT2D eigenvalue weighted by molar-refractivity contribution is 6.03. The molecule has 0 unspecified atom stereocenters. The van der Waals surface area contributed by atoms with Crippen molar-refractivity contribution < 1.29 is 4.79 Å². The molecule has 0 aliphatic heterocycles. The Morgan fingerprint density at radius 3 is 2.72 bits per heavy atom. The average Bonchev–Trinajstić information content (AvgIpc) is 2.32. The molecule has 18 heavy (non-hydrogen) atoms. The maximum Gasteiger partial charge on any atom is 0.272 e. The van der Waals surface area contributed by atoms with Crippen molar-refractivity contribution in [2.45, 2.75) is 6.92 Å². The Hall–Kier alpha value is -2.56. The second-order valence-electron chi connectivity index (χ2n) is 3.96. The summed E-state index contributed by atoms with van der Waals surface area (Å²) in [5, 5.41) is 2.72. The summed E-state index contributed by atoms with van der Waals surface area (Å²) in [5.41, 5.74) is 7.71. The second-order valence-corrected chi connectivity index (χ2v) is 3.96. The van der Waals surface area contributed by atoms with Crippen LogP contribution in [-0.2, 0) is 0 Å². The van der Waals surface area contributed by atoms with Crippen LogP contribution in [0.5, 0.6) is 0 Å². The van der Waals surface area contributed by atoms with E-state index in [1.807, 2.05) is 6.92 Å². The van der Waals surface area contributed by atoms with Gasteiger partial charge in [0.1, 0.15) is 5.69 Å². The molecule has 92 valence electrons. The Bertz CT molecular complexity index is 647. The normalized spacial score (nSPS) is 10.1. The van der Waals surface area contributed by atoms with Crippen LogP contribution in [0.1, 0.15) is 16.1 Å². The maximum atomic E-state index is 11.9. The monoisotopic (exact) mass is 243 g/mol. The van der Waals surface area contributed by atoms with Crippen LogP contribution in [0.25, 0.3) is 0 Å². The minimum atomic E-state index is -0.361. The predicted octanol–water partition coefficient (Wildman–Crippen LogP) is 1.52. The summed E-state index contributed by atoms with van der Waals surface area (Å²) in [4.78, 5) is 25.5. The molecular weight excluding hydrogens is 230 g/mol. The van der Waals surface area contributed by atoms with E-state index in [1.165, 1.54) is 12.1 Å². The molecule has 0 saturated heterocycles. The van der Waals surface area contributed by atoms with Crippen LogP contribution < -0.4 is 16.6 Å². The van der Waals surface area contributed by atoms with Gasteiger partial charge in [-0.25, -0.2) is 0 Å². The van der Waals surface area contributed by atoms with Crippen LogP contribution in [0.15, 0.2) is 41.2 Å². The van der Waals surface area contributed by atoms with E-state index in [4.69, 9.17) is 5.73 Å². The number of carbonyl (C=O) groups excluding carboxylic acids is 1. The zero-order valence-corrected chi connectivity index (χ0v) is 9.86. The first kappa shape index (κ1) is 11.9. The van der Waals surface area contributed by atoms with Crippen LogP contribution in [0, 0.1) is 6.92 Å². The third kappa shape index (κ3) is 2.57. The van der Waals surface area contributed by atoms with E-state index in [0.717, 1.165) is 5.56 Å². The first-order valence-corrected chi connectivity index (χ1v) is 5.43. The quantitative estimate of drug-likeness (QED) is 0.699. The van der Waals surface area contributed by atoms with Gasteiger partial charge >= 0.3 is 0 Å². The van der Waals surface area contributed by atoms with Gasteiger partial charge < -0.3 is 16.0 Å². The number of carbonyl (C=O) groups is 1. The Morgan fingerprint density at radius 2 is 2.06 bits per heavy atom.